The number of aromatic nitrogens is 4. The number of anilines is 1. The van der Waals surface area contributed by atoms with Gasteiger partial charge in [0.2, 0.25) is 17.6 Å². The molecule has 3 aromatic rings. The molecule has 0 saturated carbocycles. The van der Waals surface area contributed by atoms with Gasteiger partial charge < -0.3 is 9.84 Å². The van der Waals surface area contributed by atoms with Gasteiger partial charge in [-0.15, -0.1) is 0 Å². The van der Waals surface area contributed by atoms with Crippen LogP contribution in [0.15, 0.2) is 38.4 Å². The quantitative estimate of drug-likeness (QED) is 0.681. The Morgan fingerprint density at radius 2 is 2.03 bits per heavy atom. The van der Waals surface area contributed by atoms with Gasteiger partial charge >= 0.3 is 5.69 Å². The van der Waals surface area contributed by atoms with E-state index in [2.05, 4.69) is 15.5 Å². The second-order valence-corrected chi connectivity index (χ2v) is 7.53. The molecule has 0 fully saturated rings. The summed E-state index contributed by atoms with van der Waals surface area (Å²) in [6.07, 6.45) is 3.15. The summed E-state index contributed by atoms with van der Waals surface area (Å²) < 4.78 is 7.52. The van der Waals surface area contributed by atoms with Crippen LogP contribution in [0.25, 0.3) is 11.4 Å². The third kappa shape index (κ3) is 3.80. The van der Waals surface area contributed by atoms with Crippen LogP contribution in [0.1, 0.15) is 30.8 Å². The van der Waals surface area contributed by atoms with Crippen LogP contribution >= 0.6 is 11.6 Å². The van der Waals surface area contributed by atoms with Gasteiger partial charge in [0.15, 0.2) is 0 Å². The third-order valence-corrected chi connectivity index (χ3v) is 5.36. The fourth-order valence-electron chi connectivity index (χ4n) is 3.63. The van der Waals surface area contributed by atoms with E-state index in [1.807, 2.05) is 0 Å². The smallest absolute Gasteiger partial charge is 0.331 e. The normalized spacial score (nSPS) is 13.5. The summed E-state index contributed by atoms with van der Waals surface area (Å²) in [6, 6.07) is 6.74. The molecule has 0 spiro atoms. The molecule has 0 atom stereocenters. The lowest BCUT2D eigenvalue weighted by atomic mass is 10.1. The molecule has 1 N–H and O–H groups in total. The molecular weight excluding hydrogens is 410 g/mol. The molecule has 30 heavy (non-hydrogen) atoms. The number of nitrogens with one attached hydrogen (secondary N) is 1. The number of benzene rings is 1. The summed E-state index contributed by atoms with van der Waals surface area (Å²) in [5.41, 5.74) is 0.0736. The Morgan fingerprint density at radius 1 is 1.23 bits per heavy atom. The zero-order valence-corrected chi connectivity index (χ0v) is 17.1. The van der Waals surface area contributed by atoms with E-state index >= 15 is 0 Å². The van der Waals surface area contributed by atoms with Gasteiger partial charge in [0, 0.05) is 19.2 Å². The van der Waals surface area contributed by atoms with Crippen molar-refractivity contribution < 1.29 is 9.32 Å². The van der Waals surface area contributed by atoms with Crippen molar-refractivity contribution in [3.63, 3.8) is 0 Å². The van der Waals surface area contributed by atoms with Gasteiger partial charge in [-0.3, -0.25) is 18.7 Å². The van der Waals surface area contributed by atoms with Gasteiger partial charge in [0.1, 0.15) is 12.1 Å². The van der Waals surface area contributed by atoms with Gasteiger partial charge in [-0.1, -0.05) is 35.3 Å². The van der Waals surface area contributed by atoms with Crippen molar-refractivity contribution >= 4 is 23.2 Å². The first-order valence-electron chi connectivity index (χ1n) is 9.67. The van der Waals surface area contributed by atoms with E-state index in [-0.39, 0.29) is 11.4 Å². The zero-order valence-electron chi connectivity index (χ0n) is 16.4. The first-order valence-corrected chi connectivity index (χ1v) is 10.0. The highest BCUT2D eigenvalue weighted by molar-refractivity contribution is 6.33. The van der Waals surface area contributed by atoms with Crippen LogP contribution in [-0.4, -0.2) is 25.2 Å². The number of hydrogen-bond donors (Lipinski definition) is 1. The van der Waals surface area contributed by atoms with Gasteiger partial charge in [0.05, 0.1) is 10.7 Å². The van der Waals surface area contributed by atoms with Crippen LogP contribution in [0.4, 0.5) is 5.69 Å². The third-order valence-electron chi connectivity index (χ3n) is 5.03. The van der Waals surface area contributed by atoms with Gasteiger partial charge in [-0.05, 0) is 31.4 Å². The Morgan fingerprint density at radius 3 is 2.77 bits per heavy atom. The van der Waals surface area contributed by atoms with Crippen LogP contribution in [0.5, 0.6) is 0 Å². The molecule has 0 radical (unpaired) electrons. The van der Waals surface area contributed by atoms with E-state index in [1.54, 1.807) is 35.8 Å². The highest BCUT2D eigenvalue weighted by Crippen LogP contribution is 2.22. The molecule has 2 aromatic heterocycles. The largest absolute Gasteiger partial charge is 0.339 e. The van der Waals surface area contributed by atoms with Gasteiger partial charge in [-0.25, -0.2) is 4.79 Å². The van der Waals surface area contributed by atoms with Gasteiger partial charge in [0.25, 0.3) is 5.56 Å². The highest BCUT2D eigenvalue weighted by Gasteiger charge is 2.25. The summed E-state index contributed by atoms with van der Waals surface area (Å²) in [7, 11) is 0. The Labute approximate surface area is 176 Å². The average molecular weight is 430 g/mol. The first kappa shape index (κ1) is 20.1. The summed E-state index contributed by atoms with van der Waals surface area (Å²) in [6.45, 7) is 1.64. The molecule has 1 aliphatic rings. The average Bonchev–Trinajstić information content (AvgIpc) is 2.99. The van der Waals surface area contributed by atoms with E-state index < -0.39 is 23.7 Å². The second-order valence-electron chi connectivity index (χ2n) is 7.12. The molecule has 1 aromatic carbocycles. The van der Waals surface area contributed by atoms with Crippen LogP contribution in [0.2, 0.25) is 5.02 Å². The standard InChI is InChI=1S/C20H20ClN5O4/c1-12-22-18(24-30-12)17-15-9-3-2-6-10-25(15)20(29)26(19(17)28)11-16(27)23-14-8-5-4-7-13(14)21/h4-5,7-8H,2-3,6,9-11H2,1H3,(H,23,27). The monoisotopic (exact) mass is 429 g/mol. The summed E-state index contributed by atoms with van der Waals surface area (Å²) in [5.74, 6) is -0.0962. The molecule has 1 aliphatic heterocycles. The van der Waals surface area contributed by atoms with Crippen LogP contribution in [0.3, 0.4) is 0 Å². The van der Waals surface area contributed by atoms with E-state index in [4.69, 9.17) is 16.1 Å². The molecular formula is C20H20ClN5O4. The topological polar surface area (TPSA) is 112 Å². The summed E-state index contributed by atoms with van der Waals surface area (Å²) in [5, 5.41) is 6.88. The number of carbonyl (C=O) groups excluding carboxylic acids is 1. The molecule has 9 nitrogen and oxygen atoms in total. The minimum atomic E-state index is -0.608. The minimum Gasteiger partial charge on any atom is -0.339 e. The Hall–Kier alpha value is -3.20. The molecule has 4 rings (SSSR count). The Balaban J connectivity index is 1.79. The molecule has 10 heteroatoms. The lowest BCUT2D eigenvalue weighted by Crippen LogP contribution is -2.44. The maximum atomic E-state index is 13.3. The van der Waals surface area contributed by atoms with E-state index in [1.165, 1.54) is 0 Å². The van der Waals surface area contributed by atoms with E-state index in [0.717, 1.165) is 23.8 Å². The van der Waals surface area contributed by atoms with Crippen molar-refractivity contribution in [3.8, 4) is 11.4 Å². The first-order chi connectivity index (χ1) is 14.5. The Bertz CT molecular complexity index is 1230. The summed E-state index contributed by atoms with van der Waals surface area (Å²) >= 11 is 6.08. The number of aryl methyl sites for hydroxylation is 1. The Kier molecular flexibility index (Phi) is 5.54. The predicted octanol–water partition coefficient (Wildman–Crippen LogP) is 2.39. The lowest BCUT2D eigenvalue weighted by Gasteiger charge is -2.16. The SMILES string of the molecule is Cc1nc(-c2c3n(c(=O)n(CC(=O)Nc4ccccc4Cl)c2=O)CCCCC3)no1. The molecule has 156 valence electrons. The number of carbonyl (C=O) groups is 1. The maximum absolute atomic E-state index is 13.3. The van der Waals surface area contributed by atoms with Crippen LogP contribution < -0.4 is 16.6 Å². The molecule has 0 bridgehead atoms. The molecule has 3 heterocycles. The molecule has 1 amide bonds. The van der Waals surface area contributed by atoms with Crippen molar-refractivity contribution in [2.75, 3.05) is 5.32 Å². The van der Waals surface area contributed by atoms with Crippen molar-refractivity contribution in [2.24, 2.45) is 0 Å². The van der Waals surface area contributed by atoms with Crippen LogP contribution in [0, 0.1) is 6.92 Å². The van der Waals surface area contributed by atoms with E-state index in [9.17, 15) is 14.4 Å². The molecule has 0 unspecified atom stereocenters. The lowest BCUT2D eigenvalue weighted by molar-refractivity contribution is -0.116. The van der Waals surface area contributed by atoms with Crippen molar-refractivity contribution in [1.82, 2.24) is 19.3 Å². The zero-order chi connectivity index (χ0) is 21.3. The van der Waals surface area contributed by atoms with Gasteiger partial charge in [-0.2, -0.15) is 4.98 Å². The predicted molar refractivity (Wildman–Crippen MR) is 111 cm³/mol. The molecule has 0 aliphatic carbocycles. The fourth-order valence-corrected chi connectivity index (χ4v) is 3.81. The van der Waals surface area contributed by atoms with Crippen molar-refractivity contribution in [1.29, 1.82) is 0 Å². The number of amides is 1. The van der Waals surface area contributed by atoms with Crippen molar-refractivity contribution in [3.05, 3.63) is 61.7 Å². The maximum Gasteiger partial charge on any atom is 0.331 e. The second kappa shape index (κ2) is 8.27. The number of fused-ring (bicyclic) bond motifs is 1. The number of hydrogen-bond acceptors (Lipinski definition) is 6. The number of para-hydroxylation sites is 1. The minimum absolute atomic E-state index is 0.128. The number of halogens is 1. The van der Waals surface area contributed by atoms with Crippen molar-refractivity contribution in [2.45, 2.75) is 45.7 Å². The summed E-state index contributed by atoms with van der Waals surface area (Å²) in [4.78, 5) is 43.1. The molecule has 0 saturated heterocycles. The van der Waals surface area contributed by atoms with Crippen LogP contribution in [-0.2, 0) is 24.3 Å². The van der Waals surface area contributed by atoms with E-state index in [0.29, 0.717) is 35.3 Å². The highest BCUT2D eigenvalue weighted by atomic mass is 35.5. The number of rotatable bonds is 4. The number of nitrogens with zero attached hydrogens (tertiary/aromatic N) is 4. The fraction of sp³-hybridized carbons (Fsp3) is 0.350.